The topological polar surface area (TPSA) is 106 Å². The van der Waals surface area contributed by atoms with Crippen LogP contribution >= 0.6 is 11.6 Å². The molecular formula is C17H16ClN5O3S. The number of nitrogens with one attached hydrogen (secondary N) is 2. The van der Waals surface area contributed by atoms with Gasteiger partial charge in [-0.2, -0.15) is 13.2 Å². The first kappa shape index (κ1) is 18.9. The molecule has 0 unspecified atom stereocenters. The maximum absolute atomic E-state index is 12.5. The van der Waals surface area contributed by atoms with Gasteiger partial charge in [0.15, 0.2) is 0 Å². The lowest BCUT2D eigenvalue weighted by molar-refractivity contribution is -0.115. The van der Waals surface area contributed by atoms with Crippen molar-refractivity contribution in [1.29, 1.82) is 0 Å². The summed E-state index contributed by atoms with van der Waals surface area (Å²) in [6, 6.07) is 13.5. The van der Waals surface area contributed by atoms with Crippen LogP contribution in [0.4, 0.5) is 5.69 Å². The number of carbonyl (C=O) groups excluding carboxylic acids is 1. The monoisotopic (exact) mass is 405 g/mol. The number of sulfonamides is 1. The molecule has 0 bridgehead atoms. The molecule has 1 heterocycles. The van der Waals surface area contributed by atoms with E-state index in [1.165, 1.54) is 12.3 Å². The van der Waals surface area contributed by atoms with E-state index in [2.05, 4.69) is 20.3 Å². The average molecular weight is 406 g/mol. The predicted octanol–water partition coefficient (Wildman–Crippen LogP) is 2.35. The number of rotatable bonds is 6. The van der Waals surface area contributed by atoms with E-state index in [0.29, 0.717) is 22.0 Å². The van der Waals surface area contributed by atoms with Crippen LogP contribution in [0.25, 0.3) is 0 Å². The Bertz CT molecular complexity index is 1070. The molecule has 8 nitrogen and oxygen atoms in total. The van der Waals surface area contributed by atoms with Gasteiger partial charge in [0.25, 0.3) is 10.0 Å². The van der Waals surface area contributed by atoms with E-state index in [-0.39, 0.29) is 17.2 Å². The molecule has 0 aliphatic heterocycles. The summed E-state index contributed by atoms with van der Waals surface area (Å²) in [6.07, 6.45) is 1.27. The Kier molecular flexibility index (Phi) is 5.43. The Hall–Kier alpha value is -2.91. The fourth-order valence-corrected chi connectivity index (χ4v) is 3.75. The van der Waals surface area contributed by atoms with Crippen molar-refractivity contribution in [2.75, 3.05) is 10.1 Å². The lowest BCUT2D eigenvalue weighted by atomic mass is 10.2. The Labute approximate surface area is 161 Å². The van der Waals surface area contributed by atoms with Crippen molar-refractivity contribution in [3.8, 4) is 0 Å². The molecule has 140 valence electrons. The lowest BCUT2D eigenvalue weighted by Crippen LogP contribution is -2.26. The van der Waals surface area contributed by atoms with Crippen molar-refractivity contribution < 1.29 is 13.2 Å². The van der Waals surface area contributed by atoms with E-state index in [1.807, 2.05) is 6.07 Å². The molecule has 27 heavy (non-hydrogen) atoms. The molecule has 0 aliphatic rings. The smallest absolute Gasteiger partial charge is 0.278 e. The van der Waals surface area contributed by atoms with Crippen LogP contribution < -0.4 is 10.1 Å². The third-order valence-electron chi connectivity index (χ3n) is 3.65. The quantitative estimate of drug-likeness (QED) is 0.654. The van der Waals surface area contributed by atoms with Gasteiger partial charge in [-0.05, 0) is 36.8 Å². The number of nitrogens with zero attached hydrogens (tertiary/aromatic N) is 3. The molecule has 3 rings (SSSR count). The molecule has 0 atom stereocenters. The molecule has 2 N–H and O–H groups in total. The second-order valence-electron chi connectivity index (χ2n) is 5.67. The predicted molar refractivity (Wildman–Crippen MR) is 102 cm³/mol. The minimum atomic E-state index is -3.93. The summed E-state index contributed by atoms with van der Waals surface area (Å²) >= 11 is 5.98. The van der Waals surface area contributed by atoms with Crippen molar-refractivity contribution in [2.45, 2.75) is 18.2 Å². The van der Waals surface area contributed by atoms with Crippen LogP contribution in [-0.4, -0.2) is 29.4 Å². The highest BCUT2D eigenvalue weighted by molar-refractivity contribution is 7.92. The van der Waals surface area contributed by atoms with E-state index < -0.39 is 10.0 Å². The van der Waals surface area contributed by atoms with Crippen molar-refractivity contribution in [3.05, 3.63) is 71.0 Å². The minimum absolute atomic E-state index is 0.0238. The summed E-state index contributed by atoms with van der Waals surface area (Å²) in [7, 11) is -3.93. The molecule has 0 radical (unpaired) electrons. The number of para-hydroxylation sites is 1. The van der Waals surface area contributed by atoms with Gasteiger partial charge in [0, 0.05) is 10.7 Å². The van der Waals surface area contributed by atoms with Crippen LogP contribution in [-0.2, 0) is 21.2 Å². The highest BCUT2D eigenvalue weighted by Crippen LogP contribution is 2.22. The molecule has 10 heteroatoms. The zero-order chi connectivity index (χ0) is 19.4. The number of aromatic nitrogens is 3. The summed E-state index contributed by atoms with van der Waals surface area (Å²) in [5.41, 5.74) is 1.39. The summed E-state index contributed by atoms with van der Waals surface area (Å²) in [6.45, 7) is 1.60. The summed E-state index contributed by atoms with van der Waals surface area (Å²) < 4.78 is 25.0. The number of carbonyl (C=O) groups is 1. The van der Waals surface area contributed by atoms with Crippen LogP contribution in [0.2, 0.25) is 5.02 Å². The van der Waals surface area contributed by atoms with Gasteiger partial charge in [0.05, 0.1) is 23.2 Å². The molecule has 3 aromatic rings. The van der Waals surface area contributed by atoms with Gasteiger partial charge in [-0.1, -0.05) is 40.8 Å². The fraction of sp³-hybridized carbons (Fsp3) is 0.118. The first-order valence-electron chi connectivity index (χ1n) is 7.89. The zero-order valence-corrected chi connectivity index (χ0v) is 15.8. The van der Waals surface area contributed by atoms with Gasteiger partial charge < -0.3 is 5.32 Å². The number of anilines is 1. The first-order valence-corrected chi connectivity index (χ1v) is 9.75. The molecule has 2 aromatic carbocycles. The highest BCUT2D eigenvalue weighted by Gasteiger charge is 2.19. The molecule has 0 saturated heterocycles. The lowest BCUT2D eigenvalue weighted by Gasteiger charge is -2.09. The Morgan fingerprint density at radius 3 is 2.63 bits per heavy atom. The van der Waals surface area contributed by atoms with E-state index in [4.69, 9.17) is 11.6 Å². The van der Waals surface area contributed by atoms with E-state index in [0.717, 1.165) is 4.91 Å². The molecule has 0 spiro atoms. The minimum Gasteiger partial charge on any atom is -0.326 e. The van der Waals surface area contributed by atoms with Gasteiger partial charge in [-0.3, -0.25) is 4.79 Å². The summed E-state index contributed by atoms with van der Waals surface area (Å²) in [4.78, 5) is 15.1. The number of hydrogen-bond acceptors (Lipinski definition) is 5. The second kappa shape index (κ2) is 7.77. The molecule has 1 aromatic heterocycles. The van der Waals surface area contributed by atoms with Crippen molar-refractivity contribution in [2.24, 2.45) is 0 Å². The van der Waals surface area contributed by atoms with Crippen LogP contribution in [0.3, 0.4) is 0 Å². The van der Waals surface area contributed by atoms with E-state index >= 15 is 0 Å². The highest BCUT2D eigenvalue weighted by atomic mass is 35.5. The standard InChI is InChI=1S/C17H16ClN5O3S/c1-12-15(18)8-5-9-16(12)27(25,26)22-23-19-11-14(21-23)10-17(24)20-13-6-3-2-4-7-13/h2-9,11,22H,10H2,1H3,(H,20,24). The maximum Gasteiger partial charge on any atom is 0.278 e. The third kappa shape index (κ3) is 4.63. The normalized spacial score (nSPS) is 11.2. The Morgan fingerprint density at radius 1 is 1.15 bits per heavy atom. The molecule has 1 amide bonds. The summed E-state index contributed by atoms with van der Waals surface area (Å²) in [5.74, 6) is -0.290. The number of benzene rings is 2. The number of amides is 1. The van der Waals surface area contributed by atoms with Gasteiger partial charge in [-0.15, -0.1) is 10.2 Å². The van der Waals surface area contributed by atoms with Crippen LogP contribution in [0.15, 0.2) is 59.6 Å². The number of hydrogen-bond donors (Lipinski definition) is 2. The second-order valence-corrected chi connectivity index (χ2v) is 7.71. The zero-order valence-electron chi connectivity index (χ0n) is 14.3. The van der Waals surface area contributed by atoms with Gasteiger partial charge >= 0.3 is 0 Å². The van der Waals surface area contributed by atoms with Gasteiger partial charge in [-0.25, -0.2) is 0 Å². The van der Waals surface area contributed by atoms with Crippen LogP contribution in [0, 0.1) is 6.92 Å². The van der Waals surface area contributed by atoms with Crippen LogP contribution in [0.1, 0.15) is 11.3 Å². The van der Waals surface area contributed by atoms with Gasteiger partial charge in [0.1, 0.15) is 0 Å². The fourth-order valence-electron chi connectivity index (χ4n) is 2.35. The van der Waals surface area contributed by atoms with E-state index in [9.17, 15) is 13.2 Å². The molecule has 0 saturated carbocycles. The van der Waals surface area contributed by atoms with Crippen LogP contribution in [0.5, 0.6) is 0 Å². The molecule has 0 fully saturated rings. The Morgan fingerprint density at radius 2 is 1.89 bits per heavy atom. The van der Waals surface area contributed by atoms with Crippen molar-refractivity contribution in [1.82, 2.24) is 15.1 Å². The largest absolute Gasteiger partial charge is 0.326 e. The first-order chi connectivity index (χ1) is 12.8. The van der Waals surface area contributed by atoms with Crippen molar-refractivity contribution in [3.63, 3.8) is 0 Å². The maximum atomic E-state index is 12.5. The Balaban J connectivity index is 1.69. The number of halogens is 1. The molecular weight excluding hydrogens is 390 g/mol. The molecule has 0 aliphatic carbocycles. The third-order valence-corrected chi connectivity index (χ3v) is 5.48. The van der Waals surface area contributed by atoms with Gasteiger partial charge in [0.2, 0.25) is 5.91 Å². The average Bonchev–Trinajstić information content (AvgIpc) is 3.04. The summed E-state index contributed by atoms with van der Waals surface area (Å²) in [5, 5.41) is 10.9. The van der Waals surface area contributed by atoms with Crippen molar-refractivity contribution >= 4 is 33.2 Å². The van der Waals surface area contributed by atoms with E-state index in [1.54, 1.807) is 43.3 Å². The SMILES string of the molecule is Cc1c(Cl)cccc1S(=O)(=O)Nn1ncc(CC(=O)Nc2ccccc2)n1.